The Balaban J connectivity index is 1.77. The lowest BCUT2D eigenvalue weighted by molar-refractivity contribution is -0.123. The monoisotopic (exact) mass is 208 g/mol. The van der Waals surface area contributed by atoms with Crippen LogP contribution < -0.4 is 11.1 Å². The molecule has 15 heavy (non-hydrogen) atoms. The number of nitrogens with one attached hydrogen (secondary N) is 1. The molecule has 1 fully saturated rings. The molecule has 0 atom stereocenters. The highest BCUT2D eigenvalue weighted by Crippen LogP contribution is 2.26. The summed E-state index contributed by atoms with van der Waals surface area (Å²) in [7, 11) is 0. The third-order valence-electron chi connectivity index (χ3n) is 2.70. The topological polar surface area (TPSA) is 72.9 Å². The molecule has 3 N–H and O–H groups in total. The zero-order valence-electron chi connectivity index (χ0n) is 8.81. The molecule has 1 heterocycles. The zero-order chi connectivity index (χ0) is 10.8. The summed E-state index contributed by atoms with van der Waals surface area (Å²) >= 11 is 0. The normalized spacial score (nSPS) is 24.6. The first kappa shape index (κ1) is 10.0. The van der Waals surface area contributed by atoms with Crippen molar-refractivity contribution in [3.8, 4) is 0 Å². The van der Waals surface area contributed by atoms with Crippen molar-refractivity contribution in [3.63, 3.8) is 0 Å². The Hall–Kier alpha value is -1.52. The molecule has 0 aromatic carbocycles. The summed E-state index contributed by atoms with van der Waals surface area (Å²) in [5.41, 5.74) is 6.08. The van der Waals surface area contributed by atoms with E-state index in [-0.39, 0.29) is 12.5 Å². The van der Waals surface area contributed by atoms with Gasteiger partial charge < -0.3 is 11.1 Å². The molecule has 0 spiro atoms. The summed E-state index contributed by atoms with van der Waals surface area (Å²) in [5.74, 6) is 0.755. The highest BCUT2D eigenvalue weighted by atomic mass is 16.2. The molecule has 0 saturated heterocycles. The first-order valence-corrected chi connectivity index (χ1v) is 5.21. The first-order valence-electron chi connectivity index (χ1n) is 5.21. The molecule has 5 heteroatoms. The Morgan fingerprint density at radius 1 is 1.73 bits per heavy atom. The van der Waals surface area contributed by atoms with Gasteiger partial charge in [0.05, 0.1) is 11.9 Å². The number of nitrogen functional groups attached to an aromatic ring is 1. The number of rotatable bonds is 3. The number of anilines is 1. The van der Waals surface area contributed by atoms with Gasteiger partial charge in [-0.2, -0.15) is 5.10 Å². The molecule has 5 nitrogen and oxygen atoms in total. The lowest BCUT2D eigenvalue weighted by Gasteiger charge is -2.33. The van der Waals surface area contributed by atoms with E-state index in [9.17, 15) is 4.79 Å². The molecular weight excluding hydrogens is 192 g/mol. The number of hydrogen-bond donors (Lipinski definition) is 2. The molecule has 2 rings (SSSR count). The summed E-state index contributed by atoms with van der Waals surface area (Å²) in [6, 6.07) is 0.361. The Bertz CT molecular complexity index is 354. The van der Waals surface area contributed by atoms with Crippen molar-refractivity contribution >= 4 is 11.6 Å². The van der Waals surface area contributed by atoms with Crippen LogP contribution in [0.5, 0.6) is 0 Å². The van der Waals surface area contributed by atoms with Crippen LogP contribution >= 0.6 is 0 Å². The molecule has 1 aromatic heterocycles. The Kier molecular flexibility index (Phi) is 2.62. The zero-order valence-corrected chi connectivity index (χ0v) is 8.81. The quantitative estimate of drug-likeness (QED) is 0.754. The number of carbonyl (C=O) groups is 1. The van der Waals surface area contributed by atoms with Gasteiger partial charge in [0.15, 0.2) is 0 Å². The van der Waals surface area contributed by atoms with Crippen molar-refractivity contribution < 1.29 is 4.79 Å². The van der Waals surface area contributed by atoms with Gasteiger partial charge in [0.1, 0.15) is 6.54 Å². The highest BCUT2D eigenvalue weighted by molar-refractivity contribution is 5.76. The molecule has 82 valence electrons. The van der Waals surface area contributed by atoms with Gasteiger partial charge >= 0.3 is 0 Å². The van der Waals surface area contributed by atoms with Crippen LogP contribution in [0.15, 0.2) is 12.4 Å². The van der Waals surface area contributed by atoms with Crippen LogP contribution in [0, 0.1) is 5.92 Å². The van der Waals surface area contributed by atoms with Crippen LogP contribution in [0.25, 0.3) is 0 Å². The number of nitrogens with zero attached hydrogens (tertiary/aromatic N) is 2. The summed E-state index contributed by atoms with van der Waals surface area (Å²) < 4.78 is 1.55. The fourth-order valence-corrected chi connectivity index (χ4v) is 1.91. The lowest BCUT2D eigenvalue weighted by Crippen LogP contribution is -2.44. The van der Waals surface area contributed by atoms with Gasteiger partial charge in [0.2, 0.25) is 5.91 Å². The van der Waals surface area contributed by atoms with Gasteiger partial charge in [-0.05, 0) is 18.8 Å². The van der Waals surface area contributed by atoms with E-state index < -0.39 is 0 Å². The second-order valence-electron chi connectivity index (χ2n) is 4.31. The van der Waals surface area contributed by atoms with Crippen LogP contribution in [0.2, 0.25) is 0 Å². The SMILES string of the molecule is CC1CC(NC(=O)Cn2cc(N)cn2)C1. The van der Waals surface area contributed by atoms with Gasteiger partial charge in [-0.25, -0.2) is 0 Å². The fraction of sp³-hybridized carbons (Fsp3) is 0.600. The Morgan fingerprint density at radius 3 is 3.00 bits per heavy atom. The van der Waals surface area contributed by atoms with Crippen molar-refractivity contribution in [2.75, 3.05) is 5.73 Å². The highest BCUT2D eigenvalue weighted by Gasteiger charge is 2.26. The molecule has 0 radical (unpaired) electrons. The molecular formula is C10H16N4O. The van der Waals surface area contributed by atoms with Crippen LogP contribution in [0.4, 0.5) is 5.69 Å². The van der Waals surface area contributed by atoms with Gasteiger partial charge in [0.25, 0.3) is 0 Å². The van der Waals surface area contributed by atoms with Crippen molar-refractivity contribution in [1.82, 2.24) is 15.1 Å². The number of aromatic nitrogens is 2. The summed E-state index contributed by atoms with van der Waals surface area (Å²) in [6.45, 7) is 2.44. The number of nitrogens with two attached hydrogens (primary N) is 1. The molecule has 1 saturated carbocycles. The predicted molar refractivity (Wildman–Crippen MR) is 57.0 cm³/mol. The van der Waals surface area contributed by atoms with E-state index in [1.54, 1.807) is 17.1 Å². The maximum atomic E-state index is 11.5. The van der Waals surface area contributed by atoms with E-state index in [2.05, 4.69) is 17.3 Å². The minimum atomic E-state index is 0.00926. The van der Waals surface area contributed by atoms with E-state index in [0.29, 0.717) is 11.7 Å². The summed E-state index contributed by atoms with van der Waals surface area (Å²) in [5, 5.41) is 6.92. The van der Waals surface area contributed by atoms with E-state index >= 15 is 0 Å². The minimum Gasteiger partial charge on any atom is -0.396 e. The summed E-state index contributed by atoms with van der Waals surface area (Å²) in [4.78, 5) is 11.5. The standard InChI is InChI=1S/C10H16N4O/c1-7-2-9(3-7)13-10(15)6-14-5-8(11)4-12-14/h4-5,7,9H,2-3,6,11H2,1H3,(H,13,15). The largest absolute Gasteiger partial charge is 0.396 e. The average Bonchev–Trinajstić information content (AvgIpc) is 2.48. The Morgan fingerprint density at radius 2 is 2.47 bits per heavy atom. The number of hydrogen-bond acceptors (Lipinski definition) is 3. The van der Waals surface area contributed by atoms with Crippen molar-refractivity contribution in [3.05, 3.63) is 12.4 Å². The van der Waals surface area contributed by atoms with E-state index in [1.807, 2.05) is 0 Å². The molecule has 0 unspecified atom stereocenters. The molecule has 1 aliphatic carbocycles. The van der Waals surface area contributed by atoms with Gasteiger partial charge in [-0.1, -0.05) is 6.92 Å². The van der Waals surface area contributed by atoms with Crippen molar-refractivity contribution in [1.29, 1.82) is 0 Å². The van der Waals surface area contributed by atoms with Crippen LogP contribution in [0.3, 0.4) is 0 Å². The second-order valence-corrected chi connectivity index (χ2v) is 4.31. The van der Waals surface area contributed by atoms with Crippen LogP contribution in [-0.2, 0) is 11.3 Å². The van der Waals surface area contributed by atoms with Crippen molar-refractivity contribution in [2.45, 2.75) is 32.4 Å². The Labute approximate surface area is 88.6 Å². The number of carbonyl (C=O) groups excluding carboxylic acids is 1. The minimum absolute atomic E-state index is 0.00926. The third-order valence-corrected chi connectivity index (χ3v) is 2.70. The maximum absolute atomic E-state index is 11.5. The maximum Gasteiger partial charge on any atom is 0.241 e. The van der Waals surface area contributed by atoms with E-state index in [0.717, 1.165) is 18.8 Å². The molecule has 0 aliphatic heterocycles. The predicted octanol–water partition coefficient (Wildman–Crippen LogP) is 0.380. The van der Waals surface area contributed by atoms with Gasteiger partial charge in [0, 0.05) is 12.2 Å². The molecule has 1 aromatic rings. The molecule has 0 bridgehead atoms. The average molecular weight is 208 g/mol. The van der Waals surface area contributed by atoms with E-state index in [4.69, 9.17) is 5.73 Å². The third kappa shape index (κ3) is 2.49. The molecule has 1 amide bonds. The molecule has 1 aliphatic rings. The number of amides is 1. The smallest absolute Gasteiger partial charge is 0.241 e. The van der Waals surface area contributed by atoms with E-state index in [1.165, 1.54) is 0 Å². The van der Waals surface area contributed by atoms with Crippen LogP contribution in [-0.4, -0.2) is 21.7 Å². The lowest BCUT2D eigenvalue weighted by atomic mass is 9.82. The summed E-state index contributed by atoms with van der Waals surface area (Å²) in [6.07, 6.45) is 5.38. The van der Waals surface area contributed by atoms with Crippen LogP contribution in [0.1, 0.15) is 19.8 Å². The van der Waals surface area contributed by atoms with Gasteiger partial charge in [-0.15, -0.1) is 0 Å². The first-order chi connectivity index (χ1) is 7.13. The second kappa shape index (κ2) is 3.92. The van der Waals surface area contributed by atoms with Crippen molar-refractivity contribution in [2.24, 2.45) is 5.92 Å². The fourth-order valence-electron chi connectivity index (χ4n) is 1.91. The van der Waals surface area contributed by atoms with Gasteiger partial charge in [-0.3, -0.25) is 9.48 Å².